The molecule has 0 aliphatic rings. The van der Waals surface area contributed by atoms with Crippen LogP contribution in [-0.4, -0.2) is 30.6 Å². The molecule has 3 N–H and O–H groups in total. The molecule has 1 aromatic heterocycles. The van der Waals surface area contributed by atoms with E-state index in [1.54, 1.807) is 54.6 Å². The Kier molecular flexibility index (Phi) is 7.82. The van der Waals surface area contributed by atoms with Crippen LogP contribution in [0.1, 0.15) is 34.3 Å². The summed E-state index contributed by atoms with van der Waals surface area (Å²) < 4.78 is 16.0. The van der Waals surface area contributed by atoms with E-state index in [0.717, 1.165) is 6.42 Å². The summed E-state index contributed by atoms with van der Waals surface area (Å²) in [6.07, 6.45) is 2.29. The van der Waals surface area contributed by atoms with Gasteiger partial charge in [0.1, 0.15) is 11.5 Å². The molecule has 0 atom stereocenters. The second-order valence-corrected chi connectivity index (χ2v) is 7.04. The third kappa shape index (κ3) is 6.08. The molecule has 2 aromatic carbocycles. The summed E-state index contributed by atoms with van der Waals surface area (Å²) in [4.78, 5) is 24.8. The zero-order valence-corrected chi connectivity index (χ0v) is 18.5. The minimum atomic E-state index is -0.396. The van der Waals surface area contributed by atoms with Gasteiger partial charge in [-0.15, -0.1) is 0 Å². The smallest absolute Gasteiger partial charge is 0.291 e. The fourth-order valence-electron chi connectivity index (χ4n) is 2.76. The lowest BCUT2D eigenvalue weighted by Gasteiger charge is -2.15. The molecule has 9 heteroatoms. The number of carbonyl (C=O) groups excluding carboxylic acids is 2. The topological polar surface area (TPSA) is 102 Å². The first-order valence-electron chi connectivity index (χ1n) is 9.88. The molecule has 0 saturated carbocycles. The van der Waals surface area contributed by atoms with Gasteiger partial charge >= 0.3 is 0 Å². The molecule has 8 nitrogen and oxygen atoms in total. The Bertz CT molecular complexity index is 1100. The first-order valence-corrected chi connectivity index (χ1v) is 10.3. The highest BCUT2D eigenvalue weighted by atomic mass is 32.1. The van der Waals surface area contributed by atoms with Crippen molar-refractivity contribution in [2.45, 2.75) is 13.3 Å². The second-order valence-electron chi connectivity index (χ2n) is 6.63. The number of hydrogen-bond acceptors (Lipinski definition) is 6. The van der Waals surface area contributed by atoms with E-state index in [-0.39, 0.29) is 16.8 Å². The zero-order chi connectivity index (χ0) is 22.9. The van der Waals surface area contributed by atoms with Gasteiger partial charge in [0.2, 0.25) is 0 Å². The van der Waals surface area contributed by atoms with Crippen molar-refractivity contribution in [2.24, 2.45) is 0 Å². The summed E-state index contributed by atoms with van der Waals surface area (Å²) in [7, 11) is 1.51. The number of rotatable bonds is 8. The standard InChI is InChI=1S/C23H23N3O5S/c1-3-11-30-17-7-4-6-15(13-17)21(27)26-23(32)25-18-14-16(9-10-19(18)29-2)24-22(28)20-8-5-12-31-20/h4-10,12-14H,3,11H2,1-2H3,(H,24,28)(H2,25,26,27,32). The first kappa shape index (κ1) is 22.8. The molecule has 3 rings (SSSR count). The highest BCUT2D eigenvalue weighted by molar-refractivity contribution is 7.80. The molecule has 0 fully saturated rings. The van der Waals surface area contributed by atoms with E-state index >= 15 is 0 Å². The molecule has 0 aliphatic heterocycles. The lowest BCUT2D eigenvalue weighted by molar-refractivity contribution is 0.0974. The van der Waals surface area contributed by atoms with Crippen LogP contribution < -0.4 is 25.4 Å². The second kappa shape index (κ2) is 11.0. The summed E-state index contributed by atoms with van der Waals surface area (Å²) in [6.45, 7) is 2.57. The Morgan fingerprint density at radius 2 is 1.88 bits per heavy atom. The van der Waals surface area contributed by atoms with Crippen LogP contribution >= 0.6 is 12.2 Å². The Balaban J connectivity index is 1.67. The summed E-state index contributed by atoms with van der Waals surface area (Å²) in [6, 6.07) is 15.0. The number of methoxy groups -OCH3 is 1. The lowest BCUT2D eigenvalue weighted by atomic mass is 10.2. The number of nitrogens with one attached hydrogen (secondary N) is 3. The number of anilines is 2. The van der Waals surface area contributed by atoms with Crippen LogP contribution in [0, 0.1) is 0 Å². The molecule has 166 valence electrons. The fourth-order valence-corrected chi connectivity index (χ4v) is 2.96. The normalized spacial score (nSPS) is 10.2. The van der Waals surface area contributed by atoms with E-state index in [0.29, 0.717) is 35.0 Å². The van der Waals surface area contributed by atoms with Crippen molar-refractivity contribution in [3.8, 4) is 11.5 Å². The monoisotopic (exact) mass is 453 g/mol. The maximum Gasteiger partial charge on any atom is 0.291 e. The third-order valence-electron chi connectivity index (χ3n) is 4.25. The van der Waals surface area contributed by atoms with Crippen LogP contribution in [0.5, 0.6) is 11.5 Å². The fraction of sp³-hybridized carbons (Fsp3) is 0.174. The van der Waals surface area contributed by atoms with Crippen LogP contribution in [-0.2, 0) is 0 Å². The Morgan fingerprint density at radius 1 is 1.03 bits per heavy atom. The summed E-state index contributed by atoms with van der Waals surface area (Å²) in [5.41, 5.74) is 1.37. The molecule has 0 radical (unpaired) electrons. The summed E-state index contributed by atoms with van der Waals surface area (Å²) in [5.74, 6) is 0.494. The zero-order valence-electron chi connectivity index (χ0n) is 17.6. The molecule has 0 aliphatic carbocycles. The van der Waals surface area contributed by atoms with E-state index in [2.05, 4.69) is 16.0 Å². The maximum atomic E-state index is 12.6. The number of ether oxygens (including phenoxy) is 2. The van der Waals surface area contributed by atoms with Gasteiger partial charge in [0.25, 0.3) is 11.8 Å². The molecule has 3 aromatic rings. The van der Waals surface area contributed by atoms with Crippen molar-refractivity contribution in [3.05, 3.63) is 72.2 Å². The van der Waals surface area contributed by atoms with Crippen LogP contribution in [0.4, 0.5) is 11.4 Å². The van der Waals surface area contributed by atoms with Gasteiger partial charge in [-0.3, -0.25) is 14.9 Å². The molecule has 32 heavy (non-hydrogen) atoms. The average molecular weight is 454 g/mol. The Hall–Kier alpha value is -3.85. The molecule has 1 heterocycles. The van der Waals surface area contributed by atoms with E-state index in [9.17, 15) is 9.59 Å². The highest BCUT2D eigenvalue weighted by Gasteiger charge is 2.13. The predicted molar refractivity (Wildman–Crippen MR) is 126 cm³/mol. The summed E-state index contributed by atoms with van der Waals surface area (Å²) in [5, 5.41) is 8.36. The largest absolute Gasteiger partial charge is 0.495 e. The molecule has 0 bridgehead atoms. The quantitative estimate of drug-likeness (QED) is 0.433. The molecular weight excluding hydrogens is 430 g/mol. The third-order valence-corrected chi connectivity index (χ3v) is 4.45. The van der Waals surface area contributed by atoms with Gasteiger partial charge < -0.3 is 24.5 Å². The van der Waals surface area contributed by atoms with Gasteiger partial charge in [-0.2, -0.15) is 0 Å². The lowest BCUT2D eigenvalue weighted by Crippen LogP contribution is -2.34. The molecule has 0 spiro atoms. The number of furan rings is 1. The van der Waals surface area contributed by atoms with E-state index in [1.165, 1.54) is 13.4 Å². The Labute approximate surface area is 190 Å². The number of carbonyl (C=O) groups is 2. The van der Waals surface area contributed by atoms with Crippen molar-refractivity contribution < 1.29 is 23.5 Å². The van der Waals surface area contributed by atoms with Crippen molar-refractivity contribution in [1.82, 2.24) is 5.32 Å². The van der Waals surface area contributed by atoms with Crippen molar-refractivity contribution in [2.75, 3.05) is 24.4 Å². The molecule has 2 amide bonds. The van der Waals surface area contributed by atoms with Crippen LogP contribution in [0.3, 0.4) is 0 Å². The molecular formula is C23H23N3O5S. The SMILES string of the molecule is CCCOc1cccc(C(=O)NC(=S)Nc2cc(NC(=O)c3ccco3)ccc2OC)c1. The Morgan fingerprint density at radius 3 is 2.59 bits per heavy atom. The number of benzene rings is 2. The number of amides is 2. The maximum absolute atomic E-state index is 12.6. The first-order chi connectivity index (χ1) is 15.5. The predicted octanol–water partition coefficient (Wildman–Crippen LogP) is 4.46. The van der Waals surface area contributed by atoms with Gasteiger partial charge in [0.05, 0.1) is 25.7 Å². The van der Waals surface area contributed by atoms with Gasteiger partial charge in [-0.05, 0) is 67.2 Å². The van der Waals surface area contributed by atoms with Crippen molar-refractivity contribution >= 4 is 40.5 Å². The van der Waals surface area contributed by atoms with E-state index < -0.39 is 5.91 Å². The van der Waals surface area contributed by atoms with E-state index in [4.69, 9.17) is 26.1 Å². The highest BCUT2D eigenvalue weighted by Crippen LogP contribution is 2.28. The number of thiocarbonyl (C=S) groups is 1. The van der Waals surface area contributed by atoms with Gasteiger partial charge in [0.15, 0.2) is 10.9 Å². The van der Waals surface area contributed by atoms with E-state index in [1.807, 2.05) is 6.92 Å². The number of hydrogen-bond donors (Lipinski definition) is 3. The van der Waals surface area contributed by atoms with Crippen LogP contribution in [0.2, 0.25) is 0 Å². The minimum absolute atomic E-state index is 0.0719. The molecule has 0 unspecified atom stereocenters. The minimum Gasteiger partial charge on any atom is -0.495 e. The van der Waals surface area contributed by atoms with Crippen LogP contribution in [0.15, 0.2) is 65.3 Å². The summed E-state index contributed by atoms with van der Waals surface area (Å²) >= 11 is 5.29. The van der Waals surface area contributed by atoms with Gasteiger partial charge in [-0.1, -0.05) is 13.0 Å². The van der Waals surface area contributed by atoms with Gasteiger partial charge in [0, 0.05) is 11.3 Å². The van der Waals surface area contributed by atoms with Crippen molar-refractivity contribution in [3.63, 3.8) is 0 Å². The van der Waals surface area contributed by atoms with Crippen LogP contribution in [0.25, 0.3) is 0 Å². The average Bonchev–Trinajstić information content (AvgIpc) is 3.33. The van der Waals surface area contributed by atoms with Crippen molar-refractivity contribution in [1.29, 1.82) is 0 Å². The van der Waals surface area contributed by atoms with Gasteiger partial charge in [-0.25, -0.2) is 0 Å². The molecule has 0 saturated heterocycles.